The molecule has 5 heteroatoms. The van der Waals surface area contributed by atoms with Gasteiger partial charge in [0.15, 0.2) is 0 Å². The number of hydrogen-bond acceptors (Lipinski definition) is 5. The minimum Gasteiger partial charge on any atom is -0.494 e. The van der Waals surface area contributed by atoms with Crippen molar-refractivity contribution < 1.29 is 23.8 Å². The van der Waals surface area contributed by atoms with Crippen molar-refractivity contribution in [1.82, 2.24) is 0 Å². The molecule has 0 N–H and O–H groups in total. The van der Waals surface area contributed by atoms with E-state index < -0.39 is 0 Å². The molecule has 1 aliphatic rings. The summed E-state index contributed by atoms with van der Waals surface area (Å²) in [6.07, 6.45) is 12.1. The van der Waals surface area contributed by atoms with Crippen LogP contribution in [0.5, 0.6) is 11.5 Å². The molecule has 0 spiro atoms. The van der Waals surface area contributed by atoms with Gasteiger partial charge < -0.3 is 14.2 Å². The van der Waals surface area contributed by atoms with E-state index in [9.17, 15) is 9.59 Å². The Morgan fingerprint density at radius 2 is 1.42 bits per heavy atom. The van der Waals surface area contributed by atoms with E-state index in [0.29, 0.717) is 36.9 Å². The minimum absolute atomic E-state index is 0.140. The van der Waals surface area contributed by atoms with E-state index in [-0.39, 0.29) is 11.9 Å². The number of rotatable bonds is 14. The fourth-order valence-electron chi connectivity index (χ4n) is 4.89. The molecule has 0 radical (unpaired) electrons. The topological polar surface area (TPSA) is 61.8 Å². The Morgan fingerprint density at radius 1 is 0.778 bits per heavy atom. The van der Waals surface area contributed by atoms with E-state index in [1.165, 1.54) is 44.1 Å². The number of esters is 2. The molecule has 1 fully saturated rings. The van der Waals surface area contributed by atoms with Crippen LogP contribution in [0.4, 0.5) is 0 Å². The first-order valence-corrected chi connectivity index (χ1v) is 13.8. The zero-order valence-electron chi connectivity index (χ0n) is 22.0. The normalized spacial score (nSPS) is 17.4. The maximum atomic E-state index is 12.6. The lowest BCUT2D eigenvalue weighted by Crippen LogP contribution is -2.13. The van der Waals surface area contributed by atoms with Gasteiger partial charge in [-0.15, -0.1) is 0 Å². The molecule has 0 amide bonds. The van der Waals surface area contributed by atoms with Crippen molar-refractivity contribution in [3.05, 3.63) is 59.7 Å². The minimum atomic E-state index is -0.363. The first-order valence-electron chi connectivity index (χ1n) is 13.8. The molecule has 5 nitrogen and oxygen atoms in total. The van der Waals surface area contributed by atoms with Crippen LogP contribution in [0.15, 0.2) is 48.5 Å². The van der Waals surface area contributed by atoms with E-state index in [1.807, 2.05) is 12.1 Å². The molecule has 1 aliphatic carbocycles. The van der Waals surface area contributed by atoms with Gasteiger partial charge in [0.2, 0.25) is 0 Å². The number of hydrogen-bond donors (Lipinski definition) is 0. The van der Waals surface area contributed by atoms with Crippen molar-refractivity contribution >= 4 is 11.9 Å². The number of ether oxygens (including phenoxy) is 3. The fourth-order valence-corrected chi connectivity index (χ4v) is 4.89. The molecule has 3 rings (SSSR count). The molecule has 2 aromatic rings. The summed E-state index contributed by atoms with van der Waals surface area (Å²) in [5, 5.41) is 0. The average molecular weight is 495 g/mol. The summed E-state index contributed by atoms with van der Waals surface area (Å²) in [5.74, 6) is 2.34. The standard InChI is InChI=1S/C31H42O5/c1-3-9-24-10-12-25(13-11-24)26-14-20-29(21-15-26)36-31(33)27-16-18-28(19-17-27)34-22-7-5-6-8-23-35-30(32)4-2/h14-21,24-25H,3-13,22-23H2,1-2H3. The molecule has 196 valence electrons. The first-order chi connectivity index (χ1) is 17.6. The molecule has 1 saturated carbocycles. The van der Waals surface area contributed by atoms with Crippen molar-refractivity contribution in [2.75, 3.05) is 13.2 Å². The third-order valence-corrected chi connectivity index (χ3v) is 7.05. The summed E-state index contributed by atoms with van der Waals surface area (Å²) in [4.78, 5) is 23.6. The average Bonchev–Trinajstić information content (AvgIpc) is 2.91. The van der Waals surface area contributed by atoms with Gasteiger partial charge in [0.25, 0.3) is 0 Å². The molecular weight excluding hydrogens is 452 g/mol. The molecule has 0 bridgehead atoms. The van der Waals surface area contributed by atoms with Gasteiger partial charge >= 0.3 is 11.9 Å². The van der Waals surface area contributed by atoms with Crippen LogP contribution in [-0.2, 0) is 9.53 Å². The lowest BCUT2D eigenvalue weighted by atomic mass is 9.77. The molecule has 0 unspecified atom stereocenters. The first kappa shape index (κ1) is 27.8. The van der Waals surface area contributed by atoms with Gasteiger partial charge in [0.1, 0.15) is 11.5 Å². The molecular formula is C31H42O5. The van der Waals surface area contributed by atoms with E-state index >= 15 is 0 Å². The van der Waals surface area contributed by atoms with Crippen LogP contribution in [0, 0.1) is 5.92 Å². The Balaban J connectivity index is 1.34. The Morgan fingerprint density at radius 3 is 2.06 bits per heavy atom. The van der Waals surface area contributed by atoms with Crippen LogP contribution in [-0.4, -0.2) is 25.2 Å². The van der Waals surface area contributed by atoms with E-state index in [4.69, 9.17) is 14.2 Å². The van der Waals surface area contributed by atoms with Crippen molar-refractivity contribution in [3.8, 4) is 11.5 Å². The van der Waals surface area contributed by atoms with Gasteiger partial charge in [0.05, 0.1) is 18.8 Å². The number of carbonyl (C=O) groups is 2. The summed E-state index contributed by atoms with van der Waals surface area (Å²) in [7, 11) is 0. The van der Waals surface area contributed by atoms with E-state index in [1.54, 1.807) is 31.2 Å². The second-order valence-electron chi connectivity index (χ2n) is 9.83. The monoisotopic (exact) mass is 494 g/mol. The highest BCUT2D eigenvalue weighted by Gasteiger charge is 2.22. The molecule has 0 saturated heterocycles. The maximum Gasteiger partial charge on any atom is 0.343 e. The van der Waals surface area contributed by atoms with Crippen LogP contribution >= 0.6 is 0 Å². The van der Waals surface area contributed by atoms with Gasteiger partial charge in [-0.3, -0.25) is 4.79 Å². The lowest BCUT2D eigenvalue weighted by molar-refractivity contribution is -0.143. The van der Waals surface area contributed by atoms with Crippen LogP contribution in [0.1, 0.15) is 106 Å². The molecule has 0 aromatic heterocycles. The van der Waals surface area contributed by atoms with E-state index in [0.717, 1.165) is 37.4 Å². The Labute approximate surface area is 216 Å². The summed E-state index contributed by atoms with van der Waals surface area (Å²) in [6.45, 7) is 5.18. The molecule has 0 atom stereocenters. The number of benzene rings is 2. The van der Waals surface area contributed by atoms with Crippen molar-refractivity contribution in [3.63, 3.8) is 0 Å². The zero-order valence-corrected chi connectivity index (χ0v) is 22.0. The second kappa shape index (κ2) is 15.3. The molecule has 0 aliphatic heterocycles. The van der Waals surface area contributed by atoms with Crippen molar-refractivity contribution in [2.45, 2.75) is 90.4 Å². The predicted molar refractivity (Wildman–Crippen MR) is 143 cm³/mol. The van der Waals surface area contributed by atoms with Gasteiger partial charge in [0, 0.05) is 6.42 Å². The molecule has 36 heavy (non-hydrogen) atoms. The van der Waals surface area contributed by atoms with Crippen molar-refractivity contribution in [2.24, 2.45) is 5.92 Å². The lowest BCUT2D eigenvalue weighted by Gasteiger charge is -2.28. The number of unbranched alkanes of at least 4 members (excludes halogenated alkanes) is 3. The molecule has 2 aromatic carbocycles. The van der Waals surface area contributed by atoms with Crippen LogP contribution in [0.3, 0.4) is 0 Å². The second-order valence-corrected chi connectivity index (χ2v) is 9.83. The van der Waals surface area contributed by atoms with Crippen LogP contribution < -0.4 is 9.47 Å². The third-order valence-electron chi connectivity index (χ3n) is 7.05. The van der Waals surface area contributed by atoms with Gasteiger partial charge in [-0.25, -0.2) is 4.79 Å². The fraction of sp³-hybridized carbons (Fsp3) is 0.548. The highest BCUT2D eigenvalue weighted by atomic mass is 16.5. The summed E-state index contributed by atoms with van der Waals surface area (Å²) >= 11 is 0. The maximum absolute atomic E-state index is 12.6. The highest BCUT2D eigenvalue weighted by Crippen LogP contribution is 2.37. The van der Waals surface area contributed by atoms with Crippen molar-refractivity contribution in [1.29, 1.82) is 0 Å². The van der Waals surface area contributed by atoms with Crippen LogP contribution in [0.2, 0.25) is 0 Å². The van der Waals surface area contributed by atoms with Crippen LogP contribution in [0.25, 0.3) is 0 Å². The van der Waals surface area contributed by atoms with Gasteiger partial charge in [-0.05, 0) is 105 Å². The van der Waals surface area contributed by atoms with E-state index in [2.05, 4.69) is 19.1 Å². The summed E-state index contributed by atoms with van der Waals surface area (Å²) in [5.41, 5.74) is 1.86. The Kier molecular flexibility index (Phi) is 11.8. The third kappa shape index (κ3) is 9.33. The zero-order chi connectivity index (χ0) is 25.6. The SMILES string of the molecule is CCCC1CCC(c2ccc(OC(=O)c3ccc(OCCCCCCOC(=O)CC)cc3)cc2)CC1. The Hall–Kier alpha value is -2.82. The van der Waals surface area contributed by atoms with Gasteiger partial charge in [-0.1, -0.05) is 38.8 Å². The number of carbonyl (C=O) groups excluding carboxylic acids is 2. The largest absolute Gasteiger partial charge is 0.494 e. The smallest absolute Gasteiger partial charge is 0.343 e. The quantitative estimate of drug-likeness (QED) is 0.152. The highest BCUT2D eigenvalue weighted by molar-refractivity contribution is 5.91. The summed E-state index contributed by atoms with van der Waals surface area (Å²) in [6, 6.07) is 15.1. The molecule has 0 heterocycles. The predicted octanol–water partition coefficient (Wildman–Crippen LogP) is 7.87. The summed E-state index contributed by atoms with van der Waals surface area (Å²) < 4.78 is 16.4. The Bertz CT molecular complexity index is 911. The van der Waals surface area contributed by atoms with Gasteiger partial charge in [-0.2, -0.15) is 0 Å².